The number of nitrogens with zero attached hydrogens (tertiary/aromatic N) is 3. The van der Waals surface area contributed by atoms with E-state index in [-0.39, 0.29) is 13.9 Å². The average molecular weight is 672 g/mol. The third-order valence-electron chi connectivity index (χ3n) is 4.91. The summed E-state index contributed by atoms with van der Waals surface area (Å²) in [5.41, 5.74) is 1.59. The number of ether oxygens (including phenoxy) is 1. The van der Waals surface area contributed by atoms with Gasteiger partial charge in [0.15, 0.2) is 0 Å². The fourth-order valence-corrected chi connectivity index (χ4v) is 9.30. The molecule has 0 radical (unpaired) electrons. The zero-order valence-electron chi connectivity index (χ0n) is 18.4. The van der Waals surface area contributed by atoms with Crippen molar-refractivity contribution in [1.29, 1.82) is 0 Å². The van der Waals surface area contributed by atoms with Gasteiger partial charge in [0.1, 0.15) is 0 Å². The Bertz CT molecular complexity index is 987. The molecule has 0 N–H and O–H groups in total. The van der Waals surface area contributed by atoms with Gasteiger partial charge in [0.2, 0.25) is 0 Å². The Morgan fingerprint density at radius 2 is 1.84 bits per heavy atom. The topological polar surface area (TPSA) is 79.8 Å². The van der Waals surface area contributed by atoms with E-state index in [0.717, 1.165) is 27.5 Å². The van der Waals surface area contributed by atoms with Crippen molar-refractivity contribution in [3.8, 4) is 5.75 Å². The van der Waals surface area contributed by atoms with Crippen molar-refractivity contribution in [3.63, 3.8) is 0 Å². The van der Waals surface area contributed by atoms with E-state index < -0.39 is 41.0 Å². The van der Waals surface area contributed by atoms with E-state index in [0.29, 0.717) is 24.4 Å². The number of aromatic nitrogens is 1. The molecule has 1 aromatic heterocycles. The Kier molecular flexibility index (Phi) is 8.52. The van der Waals surface area contributed by atoms with Gasteiger partial charge in [0.25, 0.3) is 0 Å². The van der Waals surface area contributed by atoms with E-state index in [1.165, 1.54) is 4.88 Å². The van der Waals surface area contributed by atoms with Crippen LogP contribution >= 0.6 is 31.1 Å². The number of piperazine rings is 1. The van der Waals surface area contributed by atoms with Crippen LogP contribution in [-0.4, -0.2) is 50.0 Å². The molecule has 1 fully saturated rings. The number of benzene rings is 1. The number of halogens is 2. The molecule has 3 rings (SSSR count). The van der Waals surface area contributed by atoms with Crippen LogP contribution in [0.4, 0.5) is 5.13 Å². The summed E-state index contributed by atoms with van der Waals surface area (Å²) in [6, 6.07) is 5.58. The molecule has 1 atom stereocenters. The molecule has 1 aliphatic heterocycles. The van der Waals surface area contributed by atoms with E-state index in [9.17, 15) is 10.9 Å². The Balaban J connectivity index is 1.77. The fraction of sp³-hybridized carbons (Fsp3) is 0.524. The van der Waals surface area contributed by atoms with Crippen molar-refractivity contribution in [1.82, 2.24) is 9.88 Å². The summed E-state index contributed by atoms with van der Waals surface area (Å²) in [5.74, 6) is 0.508. The molecule has 1 amide bonds. The van der Waals surface area contributed by atoms with Crippen LogP contribution in [0.3, 0.4) is 0 Å². The van der Waals surface area contributed by atoms with E-state index >= 15 is 0 Å². The molecular formula is C21H28I2N3O4S-. The number of rotatable bonds is 7. The van der Waals surface area contributed by atoms with Crippen molar-refractivity contribution >= 4 is 42.2 Å². The molecule has 2 heterocycles. The van der Waals surface area contributed by atoms with E-state index in [1.54, 1.807) is 18.3 Å². The summed E-state index contributed by atoms with van der Waals surface area (Å²) in [5, 5.41) is 1.01. The average Bonchev–Trinajstić information content (AvgIpc) is 3.06. The predicted octanol–water partition coefficient (Wildman–Crippen LogP) is 1.31. The van der Waals surface area contributed by atoms with Crippen LogP contribution in [0.5, 0.6) is 5.75 Å². The molecule has 172 valence electrons. The number of hydrogen-bond acceptors (Lipinski definition) is 7. The van der Waals surface area contributed by atoms with Gasteiger partial charge in [-0.3, -0.25) is 0 Å². The van der Waals surface area contributed by atoms with Gasteiger partial charge in [0, 0.05) is 0 Å². The van der Waals surface area contributed by atoms with Gasteiger partial charge >= 0.3 is 206 Å². The number of alkyl halides is 2. The Labute approximate surface area is 205 Å². The molecule has 1 aliphatic rings. The molecular weight excluding hydrogens is 644 g/mol. The minimum absolute atomic E-state index is 0.0553. The van der Waals surface area contributed by atoms with E-state index in [2.05, 4.69) is 16.8 Å². The second-order valence-electron chi connectivity index (χ2n) is 7.59. The first-order chi connectivity index (χ1) is 14.7. The molecule has 2 aromatic rings. The second kappa shape index (κ2) is 10.7. The Morgan fingerprint density at radius 1 is 1.16 bits per heavy atom. The van der Waals surface area contributed by atoms with Crippen molar-refractivity contribution in [2.24, 2.45) is 0 Å². The summed E-state index contributed by atoms with van der Waals surface area (Å²) in [6.45, 7) is 12.4. The Hall–Kier alpha value is -1.02. The maximum atomic E-state index is 13.4. The van der Waals surface area contributed by atoms with Crippen molar-refractivity contribution in [2.45, 2.75) is 42.7 Å². The normalized spacial score (nSPS) is 15.7. The van der Waals surface area contributed by atoms with E-state index in [1.807, 2.05) is 43.9 Å². The van der Waals surface area contributed by atoms with Gasteiger partial charge in [-0.25, -0.2) is 0 Å². The quantitative estimate of drug-likeness (QED) is 0.327. The van der Waals surface area contributed by atoms with Crippen molar-refractivity contribution < 1.29 is 36.9 Å². The van der Waals surface area contributed by atoms with Crippen LogP contribution in [-0.2, 0) is 6.14 Å². The molecule has 1 aromatic carbocycles. The number of carbonyl (C=O) groups excluding carboxylic acids is 1. The molecule has 7 nitrogen and oxygen atoms in total. The molecule has 0 saturated carbocycles. The SMILES string of the molecule is Cc1nc(N2CCN(C(=O)c3cc([I-]C(C)I(=O)=O)ccc3OC(C)C)CC2)sc1C. The first-order valence-electron chi connectivity index (χ1n) is 10.1. The number of thiazole rings is 1. The predicted molar refractivity (Wildman–Crippen MR) is 125 cm³/mol. The zero-order valence-corrected chi connectivity index (χ0v) is 23.5. The van der Waals surface area contributed by atoms with Crippen LogP contribution in [0.2, 0.25) is 0 Å². The van der Waals surface area contributed by atoms with Gasteiger partial charge in [-0.05, 0) is 0 Å². The van der Waals surface area contributed by atoms with Crippen LogP contribution < -0.4 is 30.8 Å². The van der Waals surface area contributed by atoms with Gasteiger partial charge in [-0.2, -0.15) is 0 Å². The zero-order chi connectivity index (χ0) is 22.7. The van der Waals surface area contributed by atoms with Gasteiger partial charge < -0.3 is 0 Å². The van der Waals surface area contributed by atoms with Gasteiger partial charge in [-0.15, -0.1) is 0 Å². The number of aryl methyl sites for hydroxylation is 2. The summed E-state index contributed by atoms with van der Waals surface area (Å²) in [4.78, 5) is 23.3. The second-order valence-corrected chi connectivity index (χ2v) is 18.1. The van der Waals surface area contributed by atoms with Crippen LogP contribution in [0.1, 0.15) is 41.7 Å². The number of carbonyl (C=O) groups is 1. The molecule has 1 saturated heterocycles. The molecule has 31 heavy (non-hydrogen) atoms. The molecule has 0 spiro atoms. The molecule has 1 unspecified atom stereocenters. The van der Waals surface area contributed by atoms with Crippen LogP contribution in [0.25, 0.3) is 0 Å². The standard InChI is InChI=1S/C21H28I2N3O4S/c1-13(2)30-19-7-6-17(22-16(5)23(28)29)12-18(19)20(27)25-8-10-26(11-9-25)21-24-14(3)15(4)31-21/h6-7,12-13,16H,8-11H2,1-5H3/q-1. The molecule has 0 bridgehead atoms. The maximum absolute atomic E-state index is 13.4. The van der Waals surface area contributed by atoms with Crippen molar-refractivity contribution in [3.05, 3.63) is 37.9 Å². The minimum atomic E-state index is -3.34. The summed E-state index contributed by atoms with van der Waals surface area (Å²) >= 11 is -2.35. The summed E-state index contributed by atoms with van der Waals surface area (Å²) in [7, 11) is 0. The van der Waals surface area contributed by atoms with Gasteiger partial charge in [-0.1, -0.05) is 0 Å². The first-order valence-corrected chi connectivity index (χ1v) is 16.3. The van der Waals surface area contributed by atoms with Gasteiger partial charge in [0.05, 0.1) is 0 Å². The first kappa shape index (κ1) is 24.6. The van der Waals surface area contributed by atoms with Crippen LogP contribution in [0.15, 0.2) is 18.2 Å². The number of amides is 1. The number of hydrogen-bond donors (Lipinski definition) is 0. The van der Waals surface area contributed by atoms with Crippen LogP contribution in [0, 0.1) is 17.4 Å². The van der Waals surface area contributed by atoms with E-state index in [4.69, 9.17) is 4.74 Å². The molecule has 0 aliphatic carbocycles. The monoisotopic (exact) mass is 672 g/mol. The molecule has 10 heteroatoms. The summed E-state index contributed by atoms with van der Waals surface area (Å²) in [6.07, 6.45) is -0.0553. The third-order valence-corrected chi connectivity index (χ3v) is 13.9. The number of anilines is 1. The summed E-state index contributed by atoms with van der Waals surface area (Å²) < 4.78 is 29.4. The van der Waals surface area contributed by atoms with Crippen molar-refractivity contribution in [2.75, 3.05) is 31.1 Å². The third kappa shape index (κ3) is 6.28. The Morgan fingerprint density at radius 3 is 2.39 bits per heavy atom. The fourth-order valence-electron chi connectivity index (χ4n) is 3.16.